The van der Waals surface area contributed by atoms with Crippen molar-refractivity contribution in [2.75, 3.05) is 13.7 Å². The van der Waals surface area contributed by atoms with Crippen molar-refractivity contribution in [1.29, 1.82) is 0 Å². The zero-order valence-electron chi connectivity index (χ0n) is 12.8. The van der Waals surface area contributed by atoms with Gasteiger partial charge in [0.05, 0.1) is 12.8 Å². The molecular weight excluding hydrogens is 284 g/mol. The van der Waals surface area contributed by atoms with Gasteiger partial charge in [-0.1, -0.05) is 35.5 Å². The van der Waals surface area contributed by atoms with Crippen molar-refractivity contribution in [3.63, 3.8) is 0 Å². The van der Waals surface area contributed by atoms with Crippen molar-refractivity contribution in [2.45, 2.75) is 19.3 Å². The molecule has 0 saturated heterocycles. The van der Waals surface area contributed by atoms with Gasteiger partial charge in [-0.25, -0.2) is 0 Å². The van der Waals surface area contributed by atoms with Gasteiger partial charge in [0, 0.05) is 12.6 Å². The Morgan fingerprint density at radius 2 is 2.00 bits per heavy atom. The molecule has 2 rings (SSSR count). The van der Waals surface area contributed by atoms with Crippen LogP contribution in [0, 0.1) is 6.92 Å². The molecule has 1 amide bonds. The summed E-state index contributed by atoms with van der Waals surface area (Å²) in [4.78, 5) is 24.2. The summed E-state index contributed by atoms with van der Waals surface area (Å²) >= 11 is 0. The SMILES string of the molecule is COC(=O)[C@](C)(CNC(=O)c1cc(C)no1)c1ccccc1. The van der Waals surface area contributed by atoms with Crippen LogP contribution in [-0.4, -0.2) is 30.7 Å². The predicted molar refractivity (Wildman–Crippen MR) is 79.4 cm³/mol. The molecule has 0 saturated carbocycles. The quantitative estimate of drug-likeness (QED) is 0.852. The Morgan fingerprint density at radius 3 is 2.55 bits per heavy atom. The number of carbonyl (C=O) groups excluding carboxylic acids is 2. The highest BCUT2D eigenvalue weighted by Gasteiger charge is 2.37. The van der Waals surface area contributed by atoms with Crippen LogP contribution in [0.15, 0.2) is 40.9 Å². The smallest absolute Gasteiger partial charge is 0.317 e. The van der Waals surface area contributed by atoms with E-state index in [1.807, 2.05) is 30.3 Å². The van der Waals surface area contributed by atoms with Crippen molar-refractivity contribution in [1.82, 2.24) is 10.5 Å². The normalized spacial score (nSPS) is 13.2. The van der Waals surface area contributed by atoms with Gasteiger partial charge in [-0.15, -0.1) is 0 Å². The largest absolute Gasteiger partial charge is 0.468 e. The number of aromatic nitrogens is 1. The molecule has 6 heteroatoms. The third-order valence-corrected chi connectivity index (χ3v) is 3.50. The molecule has 0 fully saturated rings. The Balaban J connectivity index is 2.18. The second-order valence-corrected chi connectivity index (χ2v) is 5.20. The molecule has 0 spiro atoms. The number of aryl methyl sites for hydroxylation is 1. The van der Waals surface area contributed by atoms with Crippen LogP contribution in [0.1, 0.15) is 28.7 Å². The zero-order valence-corrected chi connectivity index (χ0v) is 12.8. The van der Waals surface area contributed by atoms with Gasteiger partial charge < -0.3 is 14.6 Å². The number of rotatable bonds is 5. The van der Waals surface area contributed by atoms with E-state index in [-0.39, 0.29) is 12.3 Å². The Morgan fingerprint density at radius 1 is 1.32 bits per heavy atom. The summed E-state index contributed by atoms with van der Waals surface area (Å²) in [6.45, 7) is 3.53. The zero-order chi connectivity index (χ0) is 16.2. The van der Waals surface area contributed by atoms with Crippen LogP contribution in [-0.2, 0) is 14.9 Å². The van der Waals surface area contributed by atoms with Crippen molar-refractivity contribution in [2.24, 2.45) is 0 Å². The number of hydrogen-bond donors (Lipinski definition) is 1. The van der Waals surface area contributed by atoms with Crippen molar-refractivity contribution in [3.8, 4) is 0 Å². The number of nitrogens with one attached hydrogen (secondary N) is 1. The average molecular weight is 302 g/mol. The van der Waals surface area contributed by atoms with Crippen LogP contribution in [0.25, 0.3) is 0 Å². The Labute approximate surface area is 128 Å². The average Bonchev–Trinajstić information content (AvgIpc) is 2.98. The number of hydrogen-bond acceptors (Lipinski definition) is 5. The minimum atomic E-state index is -0.985. The fraction of sp³-hybridized carbons (Fsp3) is 0.312. The molecule has 1 heterocycles. The lowest BCUT2D eigenvalue weighted by molar-refractivity contribution is -0.146. The maximum absolute atomic E-state index is 12.2. The van der Waals surface area contributed by atoms with Gasteiger partial charge >= 0.3 is 5.97 Å². The summed E-state index contributed by atoms with van der Waals surface area (Å²) in [5.74, 6) is -0.739. The fourth-order valence-corrected chi connectivity index (χ4v) is 2.14. The van der Waals surface area contributed by atoms with Crippen LogP contribution >= 0.6 is 0 Å². The number of ether oxygens (including phenoxy) is 1. The summed E-state index contributed by atoms with van der Waals surface area (Å²) in [5, 5.41) is 6.36. The topological polar surface area (TPSA) is 81.4 Å². The van der Waals surface area contributed by atoms with Crippen molar-refractivity contribution in [3.05, 3.63) is 53.4 Å². The van der Waals surface area contributed by atoms with Crippen LogP contribution in [0.2, 0.25) is 0 Å². The monoisotopic (exact) mass is 302 g/mol. The van der Waals surface area contributed by atoms with Gasteiger partial charge in [-0.05, 0) is 19.4 Å². The summed E-state index contributed by atoms with van der Waals surface area (Å²) < 4.78 is 9.79. The minimum Gasteiger partial charge on any atom is -0.468 e. The second kappa shape index (κ2) is 6.43. The van der Waals surface area contributed by atoms with E-state index < -0.39 is 17.3 Å². The molecule has 0 radical (unpaired) electrons. The molecule has 1 atom stereocenters. The van der Waals surface area contributed by atoms with Gasteiger partial charge in [0.1, 0.15) is 5.41 Å². The highest BCUT2D eigenvalue weighted by Crippen LogP contribution is 2.24. The van der Waals surface area contributed by atoms with Crippen LogP contribution in [0.3, 0.4) is 0 Å². The van der Waals surface area contributed by atoms with Crippen molar-refractivity contribution >= 4 is 11.9 Å². The Hall–Kier alpha value is -2.63. The lowest BCUT2D eigenvalue weighted by Gasteiger charge is -2.27. The molecule has 6 nitrogen and oxygen atoms in total. The summed E-state index contributed by atoms with van der Waals surface area (Å²) in [5.41, 5.74) is 0.389. The molecule has 116 valence electrons. The van der Waals surface area contributed by atoms with Gasteiger partial charge in [0.2, 0.25) is 5.76 Å². The molecule has 1 N–H and O–H groups in total. The van der Waals surface area contributed by atoms with E-state index in [9.17, 15) is 9.59 Å². The third-order valence-electron chi connectivity index (χ3n) is 3.50. The highest BCUT2D eigenvalue weighted by atomic mass is 16.5. The first kappa shape index (κ1) is 15.8. The summed E-state index contributed by atoms with van der Waals surface area (Å²) in [7, 11) is 1.32. The summed E-state index contributed by atoms with van der Waals surface area (Å²) in [6, 6.07) is 10.7. The number of esters is 1. The second-order valence-electron chi connectivity index (χ2n) is 5.20. The van der Waals surface area contributed by atoms with E-state index in [0.29, 0.717) is 5.69 Å². The molecule has 22 heavy (non-hydrogen) atoms. The van der Waals surface area contributed by atoms with Crippen LogP contribution < -0.4 is 5.32 Å². The first-order chi connectivity index (χ1) is 10.5. The minimum absolute atomic E-state index is 0.0856. The van der Waals surface area contributed by atoms with E-state index >= 15 is 0 Å². The fourth-order valence-electron chi connectivity index (χ4n) is 2.14. The molecule has 2 aromatic rings. The third kappa shape index (κ3) is 3.16. The van der Waals surface area contributed by atoms with E-state index in [1.54, 1.807) is 13.8 Å². The van der Waals surface area contributed by atoms with Crippen molar-refractivity contribution < 1.29 is 18.8 Å². The van der Waals surface area contributed by atoms with E-state index in [0.717, 1.165) is 5.56 Å². The maximum atomic E-state index is 12.2. The van der Waals surface area contributed by atoms with E-state index in [2.05, 4.69) is 10.5 Å². The van der Waals surface area contributed by atoms with Gasteiger partial charge in [-0.2, -0.15) is 0 Å². The Bertz CT molecular complexity index is 666. The predicted octanol–water partition coefficient (Wildman–Crippen LogP) is 1.84. The standard InChI is InChI=1S/C16H18N2O4/c1-11-9-13(22-18-11)14(19)17-10-16(2,15(20)21-3)12-7-5-4-6-8-12/h4-9H,10H2,1-3H3,(H,17,19)/t16-/m1/s1. The number of amides is 1. The molecule has 0 unspecified atom stereocenters. The van der Waals surface area contributed by atoms with Crippen LogP contribution in [0.4, 0.5) is 0 Å². The van der Waals surface area contributed by atoms with E-state index in [1.165, 1.54) is 13.2 Å². The first-order valence-corrected chi connectivity index (χ1v) is 6.83. The first-order valence-electron chi connectivity index (χ1n) is 6.83. The molecule has 1 aromatic carbocycles. The number of carbonyl (C=O) groups is 2. The molecule has 1 aromatic heterocycles. The van der Waals surface area contributed by atoms with Gasteiger partial charge in [-0.3, -0.25) is 9.59 Å². The molecule has 0 aliphatic rings. The molecule has 0 aliphatic carbocycles. The lowest BCUT2D eigenvalue weighted by atomic mass is 9.82. The van der Waals surface area contributed by atoms with Crippen LogP contribution in [0.5, 0.6) is 0 Å². The molecule has 0 aliphatic heterocycles. The molecule has 0 bridgehead atoms. The Kier molecular flexibility index (Phi) is 4.60. The van der Waals surface area contributed by atoms with Gasteiger partial charge in [0.25, 0.3) is 5.91 Å². The summed E-state index contributed by atoms with van der Waals surface area (Å²) in [6.07, 6.45) is 0. The number of methoxy groups -OCH3 is 1. The maximum Gasteiger partial charge on any atom is 0.317 e. The van der Waals surface area contributed by atoms with E-state index in [4.69, 9.17) is 9.26 Å². The lowest BCUT2D eigenvalue weighted by Crippen LogP contribution is -2.45. The number of benzene rings is 1. The molecular formula is C16H18N2O4. The highest BCUT2D eigenvalue weighted by molar-refractivity contribution is 5.92. The number of nitrogens with zero attached hydrogens (tertiary/aromatic N) is 1. The van der Waals surface area contributed by atoms with Gasteiger partial charge in [0.15, 0.2) is 0 Å².